The summed E-state index contributed by atoms with van der Waals surface area (Å²) in [6, 6.07) is -0.672. The van der Waals surface area contributed by atoms with Crippen LogP contribution in [0, 0.1) is 0 Å². The number of rotatable bonds is 4. The van der Waals surface area contributed by atoms with Gasteiger partial charge in [0.25, 0.3) is 10.0 Å². The molecule has 0 spiro atoms. The van der Waals surface area contributed by atoms with Crippen LogP contribution in [0.2, 0.25) is 0 Å². The van der Waals surface area contributed by atoms with Crippen molar-refractivity contribution in [1.29, 1.82) is 0 Å². The third-order valence-corrected chi connectivity index (χ3v) is 8.08. The predicted octanol–water partition coefficient (Wildman–Crippen LogP) is -0.351. The van der Waals surface area contributed by atoms with E-state index in [1.807, 2.05) is 0 Å². The molecular weight excluding hydrogens is 328 g/mol. The summed E-state index contributed by atoms with van der Waals surface area (Å²) in [5, 5.41) is 8.91. The molecule has 0 aliphatic carbocycles. The number of carbonyl (C=O) groups is 1. The van der Waals surface area contributed by atoms with E-state index in [-0.39, 0.29) is 22.1 Å². The number of aromatic nitrogens is 1. The number of sulfone groups is 1. The highest BCUT2D eigenvalue weighted by atomic mass is 32.2. The number of aromatic carboxylic acids is 1. The number of sulfonamides is 1. The maximum atomic E-state index is 12.4. The van der Waals surface area contributed by atoms with Crippen molar-refractivity contribution in [3.63, 3.8) is 0 Å². The van der Waals surface area contributed by atoms with Gasteiger partial charge in [-0.1, -0.05) is 0 Å². The molecule has 0 saturated carbocycles. The Morgan fingerprint density at radius 3 is 2.70 bits per heavy atom. The molecule has 2 rings (SSSR count). The Labute approximate surface area is 120 Å². The second-order valence-electron chi connectivity index (χ2n) is 4.37. The molecule has 1 aliphatic heterocycles. The predicted molar refractivity (Wildman–Crippen MR) is 71.1 cm³/mol. The fourth-order valence-electron chi connectivity index (χ4n) is 1.95. The summed E-state index contributed by atoms with van der Waals surface area (Å²) in [5.41, 5.74) is 0.595. The average molecular weight is 340 g/mol. The minimum Gasteiger partial charge on any atom is -0.476 e. The van der Waals surface area contributed by atoms with Crippen molar-refractivity contribution in [1.82, 2.24) is 9.29 Å². The van der Waals surface area contributed by atoms with Gasteiger partial charge < -0.3 is 5.11 Å². The summed E-state index contributed by atoms with van der Waals surface area (Å²) in [6.07, 6.45) is 0.208. The minimum absolute atomic E-state index is 0.0635. The number of nitrogens with zero attached hydrogens (tertiary/aromatic N) is 2. The molecule has 1 aromatic heterocycles. The van der Waals surface area contributed by atoms with E-state index in [1.54, 1.807) is 0 Å². The average Bonchev–Trinajstić information content (AvgIpc) is 2.94. The van der Waals surface area contributed by atoms with Crippen LogP contribution in [0.3, 0.4) is 0 Å². The van der Waals surface area contributed by atoms with Crippen LogP contribution < -0.4 is 0 Å². The molecule has 0 amide bonds. The molecule has 11 heteroatoms. The summed E-state index contributed by atoms with van der Waals surface area (Å²) in [6.45, 7) is 0. The summed E-state index contributed by atoms with van der Waals surface area (Å²) >= 11 is 0.701. The summed E-state index contributed by atoms with van der Waals surface area (Å²) in [7, 11) is -6.04. The second-order valence-corrected chi connectivity index (χ2v) is 9.65. The molecule has 1 unspecified atom stereocenters. The van der Waals surface area contributed by atoms with Gasteiger partial charge in [-0.05, 0) is 6.42 Å². The number of hydrogen-bond acceptors (Lipinski definition) is 7. The summed E-state index contributed by atoms with van der Waals surface area (Å²) < 4.78 is 48.1. The zero-order chi connectivity index (χ0) is 15.1. The van der Waals surface area contributed by atoms with Crippen LogP contribution in [-0.4, -0.2) is 61.8 Å². The van der Waals surface area contributed by atoms with Crippen molar-refractivity contribution in [2.45, 2.75) is 16.7 Å². The molecule has 1 aromatic rings. The fraction of sp³-hybridized carbons (Fsp3) is 0.556. The molecule has 1 N–H and O–H groups in total. The van der Waals surface area contributed by atoms with Gasteiger partial charge in [-0.25, -0.2) is 26.6 Å². The van der Waals surface area contributed by atoms with Crippen molar-refractivity contribution in [3.05, 3.63) is 11.2 Å². The Morgan fingerprint density at radius 1 is 1.55 bits per heavy atom. The molecule has 2 heterocycles. The standard InChI is InChI=1S/C9H12N2O6S3/c1-11(6-2-3-19(14,15)4-6)20(16,17)9-7(8(12)13)10-5-18-9/h5-6H,2-4H2,1H3,(H,12,13). The quantitative estimate of drug-likeness (QED) is 0.795. The Kier molecular flexibility index (Phi) is 3.88. The maximum absolute atomic E-state index is 12.4. The van der Waals surface area contributed by atoms with Crippen LogP contribution >= 0.6 is 11.3 Å². The molecule has 112 valence electrons. The first-order valence-electron chi connectivity index (χ1n) is 5.50. The lowest BCUT2D eigenvalue weighted by molar-refractivity contribution is 0.0687. The highest BCUT2D eigenvalue weighted by molar-refractivity contribution is 7.92. The molecule has 8 nitrogen and oxygen atoms in total. The van der Waals surface area contributed by atoms with E-state index < -0.39 is 37.6 Å². The normalized spacial score (nSPS) is 22.2. The topological polar surface area (TPSA) is 122 Å². The smallest absolute Gasteiger partial charge is 0.356 e. The van der Waals surface area contributed by atoms with Gasteiger partial charge in [0.15, 0.2) is 19.7 Å². The van der Waals surface area contributed by atoms with E-state index in [1.165, 1.54) is 7.05 Å². The van der Waals surface area contributed by atoms with Gasteiger partial charge in [-0.15, -0.1) is 11.3 Å². The van der Waals surface area contributed by atoms with Crippen LogP contribution in [0.15, 0.2) is 9.72 Å². The summed E-state index contributed by atoms with van der Waals surface area (Å²) in [4.78, 5) is 14.5. The van der Waals surface area contributed by atoms with Crippen molar-refractivity contribution in [3.8, 4) is 0 Å². The monoisotopic (exact) mass is 340 g/mol. The van der Waals surface area contributed by atoms with Crippen molar-refractivity contribution >= 4 is 37.2 Å². The molecule has 0 aromatic carbocycles. The van der Waals surface area contributed by atoms with E-state index >= 15 is 0 Å². The third kappa shape index (κ3) is 2.71. The van der Waals surface area contributed by atoms with Gasteiger partial charge in [0.1, 0.15) is 0 Å². The van der Waals surface area contributed by atoms with Gasteiger partial charge in [-0.2, -0.15) is 4.31 Å². The van der Waals surface area contributed by atoms with Gasteiger partial charge in [0.2, 0.25) is 0 Å². The molecule has 0 radical (unpaired) electrons. The lowest BCUT2D eigenvalue weighted by Crippen LogP contribution is -2.38. The van der Waals surface area contributed by atoms with Crippen molar-refractivity contribution in [2.75, 3.05) is 18.6 Å². The number of carboxylic acid groups (broad SMARTS) is 1. The number of hydrogen-bond donors (Lipinski definition) is 1. The van der Waals surface area contributed by atoms with Crippen LogP contribution in [0.5, 0.6) is 0 Å². The van der Waals surface area contributed by atoms with E-state index in [0.717, 1.165) is 9.82 Å². The minimum atomic E-state index is -4.06. The second kappa shape index (κ2) is 5.06. The first kappa shape index (κ1) is 15.4. The summed E-state index contributed by atoms with van der Waals surface area (Å²) in [5.74, 6) is -1.74. The zero-order valence-electron chi connectivity index (χ0n) is 10.4. The Balaban J connectivity index is 2.36. The van der Waals surface area contributed by atoms with Crippen LogP contribution in [0.25, 0.3) is 0 Å². The van der Waals surface area contributed by atoms with Crippen LogP contribution in [-0.2, 0) is 19.9 Å². The van der Waals surface area contributed by atoms with E-state index in [4.69, 9.17) is 5.11 Å². The van der Waals surface area contributed by atoms with E-state index in [0.29, 0.717) is 11.3 Å². The van der Waals surface area contributed by atoms with Crippen molar-refractivity contribution in [2.24, 2.45) is 0 Å². The highest BCUT2D eigenvalue weighted by Crippen LogP contribution is 2.27. The fourth-order valence-corrected chi connectivity index (χ4v) is 6.51. The lowest BCUT2D eigenvalue weighted by Gasteiger charge is -2.21. The van der Waals surface area contributed by atoms with E-state index in [2.05, 4.69) is 4.98 Å². The Morgan fingerprint density at radius 2 is 2.20 bits per heavy atom. The first-order valence-corrected chi connectivity index (χ1v) is 9.64. The van der Waals surface area contributed by atoms with Gasteiger partial charge in [0, 0.05) is 13.1 Å². The molecule has 1 saturated heterocycles. The molecule has 1 aliphatic rings. The van der Waals surface area contributed by atoms with Crippen LogP contribution in [0.4, 0.5) is 0 Å². The third-order valence-electron chi connectivity index (χ3n) is 3.07. The molecule has 1 fully saturated rings. The number of thiazole rings is 1. The van der Waals surface area contributed by atoms with Crippen LogP contribution in [0.1, 0.15) is 16.9 Å². The van der Waals surface area contributed by atoms with E-state index in [9.17, 15) is 21.6 Å². The lowest BCUT2D eigenvalue weighted by atomic mass is 10.3. The highest BCUT2D eigenvalue weighted by Gasteiger charge is 2.38. The molecule has 0 bridgehead atoms. The van der Waals surface area contributed by atoms with Gasteiger partial charge >= 0.3 is 5.97 Å². The molecule has 20 heavy (non-hydrogen) atoms. The largest absolute Gasteiger partial charge is 0.476 e. The zero-order valence-corrected chi connectivity index (χ0v) is 12.8. The first-order chi connectivity index (χ1) is 9.15. The van der Waals surface area contributed by atoms with Gasteiger partial charge in [-0.3, -0.25) is 0 Å². The van der Waals surface area contributed by atoms with Crippen molar-refractivity contribution < 1.29 is 26.7 Å². The molecule has 1 atom stereocenters. The Bertz CT molecular complexity index is 735. The Hall–Kier alpha value is -1.04. The SMILES string of the molecule is CN(C1CCS(=O)(=O)C1)S(=O)(=O)c1scnc1C(=O)O. The molecular formula is C9H12N2O6S3. The maximum Gasteiger partial charge on any atom is 0.356 e. The number of carboxylic acids is 1. The van der Waals surface area contributed by atoms with Gasteiger partial charge in [0.05, 0.1) is 17.0 Å².